The standard InChI is InChI=1S/C13H23N5S/c1-2-6-11(5-1)14-9-10-19-13-15-16-17-18(13)12-7-3-4-8-12/h11-12,14H,1-10H2. The van der Waals surface area contributed by atoms with E-state index < -0.39 is 0 Å². The van der Waals surface area contributed by atoms with E-state index in [-0.39, 0.29) is 0 Å². The van der Waals surface area contributed by atoms with E-state index >= 15 is 0 Å². The van der Waals surface area contributed by atoms with E-state index in [0.717, 1.165) is 23.5 Å². The summed E-state index contributed by atoms with van der Waals surface area (Å²) in [6, 6.07) is 1.30. The van der Waals surface area contributed by atoms with Crippen molar-refractivity contribution in [3.63, 3.8) is 0 Å². The zero-order valence-electron chi connectivity index (χ0n) is 11.4. The van der Waals surface area contributed by atoms with Gasteiger partial charge < -0.3 is 5.32 Å². The molecule has 2 fully saturated rings. The molecule has 106 valence electrons. The Labute approximate surface area is 118 Å². The summed E-state index contributed by atoms with van der Waals surface area (Å²) < 4.78 is 2.05. The van der Waals surface area contributed by atoms with E-state index in [0.29, 0.717) is 6.04 Å². The molecular weight excluding hydrogens is 258 g/mol. The summed E-state index contributed by atoms with van der Waals surface area (Å²) in [4.78, 5) is 0. The summed E-state index contributed by atoms with van der Waals surface area (Å²) in [6.07, 6.45) is 10.6. The minimum absolute atomic E-state index is 0.542. The van der Waals surface area contributed by atoms with Crippen molar-refractivity contribution in [3.05, 3.63) is 0 Å². The number of nitrogens with one attached hydrogen (secondary N) is 1. The third-order valence-corrected chi connectivity index (χ3v) is 5.19. The van der Waals surface area contributed by atoms with Gasteiger partial charge in [0, 0.05) is 18.3 Å². The van der Waals surface area contributed by atoms with E-state index in [2.05, 4.69) is 20.8 Å². The molecule has 0 saturated heterocycles. The molecule has 6 heteroatoms. The zero-order chi connectivity index (χ0) is 12.9. The fourth-order valence-electron chi connectivity index (χ4n) is 3.19. The van der Waals surface area contributed by atoms with E-state index in [1.165, 1.54) is 51.4 Å². The first kappa shape index (κ1) is 13.4. The van der Waals surface area contributed by atoms with E-state index in [9.17, 15) is 0 Å². The SMILES string of the molecule is C1CCC(NCCSc2nnnn2C2CCCC2)C1. The first-order valence-electron chi connectivity index (χ1n) is 7.57. The molecule has 0 bridgehead atoms. The van der Waals surface area contributed by atoms with Gasteiger partial charge in [-0.05, 0) is 36.1 Å². The molecule has 1 N–H and O–H groups in total. The van der Waals surface area contributed by atoms with Gasteiger partial charge in [-0.15, -0.1) is 5.10 Å². The molecule has 1 aromatic rings. The third-order valence-electron chi connectivity index (χ3n) is 4.25. The Morgan fingerprint density at radius 3 is 2.63 bits per heavy atom. The van der Waals surface area contributed by atoms with Crippen LogP contribution in [0.2, 0.25) is 0 Å². The smallest absolute Gasteiger partial charge is 0.209 e. The third kappa shape index (κ3) is 3.48. The fourth-order valence-corrected chi connectivity index (χ4v) is 4.01. The number of rotatable bonds is 6. The Hall–Kier alpha value is -0.620. The molecule has 2 aliphatic carbocycles. The van der Waals surface area contributed by atoms with E-state index in [1.807, 2.05) is 4.68 Å². The normalized spacial score (nSPS) is 21.5. The molecule has 0 atom stereocenters. The Kier molecular flexibility index (Phi) is 4.71. The van der Waals surface area contributed by atoms with E-state index in [1.54, 1.807) is 11.8 Å². The molecule has 19 heavy (non-hydrogen) atoms. The second-order valence-electron chi connectivity index (χ2n) is 5.63. The van der Waals surface area contributed by atoms with Gasteiger partial charge in [0.15, 0.2) is 0 Å². The van der Waals surface area contributed by atoms with Crippen LogP contribution in [0.1, 0.15) is 57.4 Å². The molecule has 0 radical (unpaired) electrons. The van der Waals surface area contributed by atoms with Crippen LogP contribution in [0.3, 0.4) is 0 Å². The van der Waals surface area contributed by atoms with Gasteiger partial charge in [-0.1, -0.05) is 37.4 Å². The molecule has 1 aromatic heterocycles. The maximum absolute atomic E-state index is 4.17. The Morgan fingerprint density at radius 2 is 1.84 bits per heavy atom. The van der Waals surface area contributed by atoms with Crippen LogP contribution in [0.15, 0.2) is 5.16 Å². The van der Waals surface area contributed by atoms with Crippen molar-refractivity contribution in [2.24, 2.45) is 0 Å². The molecule has 0 amide bonds. The highest BCUT2D eigenvalue weighted by atomic mass is 32.2. The van der Waals surface area contributed by atoms with Crippen LogP contribution in [0, 0.1) is 0 Å². The summed E-state index contributed by atoms with van der Waals surface area (Å²) in [5, 5.41) is 16.8. The van der Waals surface area contributed by atoms with Crippen LogP contribution in [-0.2, 0) is 0 Å². The topological polar surface area (TPSA) is 55.6 Å². The van der Waals surface area contributed by atoms with Crippen LogP contribution in [0.25, 0.3) is 0 Å². The number of tetrazole rings is 1. The number of hydrogen-bond acceptors (Lipinski definition) is 5. The summed E-state index contributed by atoms with van der Waals surface area (Å²) in [5.41, 5.74) is 0. The number of nitrogens with zero attached hydrogens (tertiary/aromatic N) is 4. The molecule has 2 saturated carbocycles. The van der Waals surface area contributed by atoms with Gasteiger partial charge in [0.1, 0.15) is 0 Å². The second kappa shape index (κ2) is 6.70. The summed E-state index contributed by atoms with van der Waals surface area (Å²) in [6.45, 7) is 1.06. The molecule has 5 nitrogen and oxygen atoms in total. The molecule has 0 aromatic carbocycles. The highest BCUT2D eigenvalue weighted by Gasteiger charge is 2.21. The number of hydrogen-bond donors (Lipinski definition) is 1. The van der Waals surface area contributed by atoms with Gasteiger partial charge in [-0.2, -0.15) is 0 Å². The van der Waals surface area contributed by atoms with Crippen LogP contribution in [-0.4, -0.2) is 38.5 Å². The highest BCUT2D eigenvalue weighted by Crippen LogP contribution is 2.31. The lowest BCUT2D eigenvalue weighted by Crippen LogP contribution is -2.28. The van der Waals surface area contributed by atoms with Gasteiger partial charge in [-0.3, -0.25) is 0 Å². The number of thioether (sulfide) groups is 1. The highest BCUT2D eigenvalue weighted by molar-refractivity contribution is 7.99. The van der Waals surface area contributed by atoms with Gasteiger partial charge in [0.2, 0.25) is 5.16 Å². The minimum Gasteiger partial charge on any atom is -0.313 e. The monoisotopic (exact) mass is 281 g/mol. The average Bonchev–Trinajstić information content (AvgIpc) is 3.15. The van der Waals surface area contributed by atoms with Gasteiger partial charge in [0.05, 0.1) is 6.04 Å². The van der Waals surface area contributed by atoms with Crippen molar-refractivity contribution in [1.29, 1.82) is 0 Å². The Bertz CT molecular complexity index is 382. The van der Waals surface area contributed by atoms with Crippen molar-refractivity contribution in [1.82, 2.24) is 25.5 Å². The van der Waals surface area contributed by atoms with Crippen molar-refractivity contribution >= 4 is 11.8 Å². The minimum atomic E-state index is 0.542. The quantitative estimate of drug-likeness (QED) is 0.641. The van der Waals surface area contributed by atoms with Gasteiger partial charge in [0.25, 0.3) is 0 Å². The van der Waals surface area contributed by atoms with Crippen LogP contribution in [0.4, 0.5) is 0 Å². The first-order chi connectivity index (χ1) is 9.43. The summed E-state index contributed by atoms with van der Waals surface area (Å²) in [7, 11) is 0. The molecule has 0 spiro atoms. The fraction of sp³-hybridized carbons (Fsp3) is 0.923. The molecule has 1 heterocycles. The molecule has 3 rings (SSSR count). The predicted molar refractivity (Wildman–Crippen MR) is 76.3 cm³/mol. The second-order valence-corrected chi connectivity index (χ2v) is 6.69. The molecular formula is C13H23N5S. The lowest BCUT2D eigenvalue weighted by Gasteiger charge is -2.12. The maximum atomic E-state index is 4.17. The molecule has 2 aliphatic rings. The van der Waals surface area contributed by atoms with Crippen LogP contribution >= 0.6 is 11.8 Å². The van der Waals surface area contributed by atoms with Crippen molar-refractivity contribution in [2.75, 3.05) is 12.3 Å². The van der Waals surface area contributed by atoms with Crippen LogP contribution in [0.5, 0.6) is 0 Å². The van der Waals surface area contributed by atoms with Crippen molar-refractivity contribution in [3.8, 4) is 0 Å². The summed E-state index contributed by atoms with van der Waals surface area (Å²) in [5.74, 6) is 1.06. The molecule has 0 unspecified atom stereocenters. The van der Waals surface area contributed by atoms with E-state index in [4.69, 9.17) is 0 Å². The Morgan fingerprint density at radius 1 is 1.11 bits per heavy atom. The predicted octanol–water partition coefficient (Wildman–Crippen LogP) is 2.41. The lowest BCUT2D eigenvalue weighted by molar-refractivity contribution is 0.423. The largest absolute Gasteiger partial charge is 0.313 e. The van der Waals surface area contributed by atoms with Gasteiger partial charge >= 0.3 is 0 Å². The van der Waals surface area contributed by atoms with Crippen molar-refractivity contribution in [2.45, 2.75) is 68.6 Å². The summed E-state index contributed by atoms with van der Waals surface area (Å²) >= 11 is 1.79. The average molecular weight is 281 g/mol. The first-order valence-corrected chi connectivity index (χ1v) is 8.56. The number of aromatic nitrogens is 4. The van der Waals surface area contributed by atoms with Crippen molar-refractivity contribution < 1.29 is 0 Å². The lowest BCUT2D eigenvalue weighted by atomic mass is 10.2. The zero-order valence-corrected chi connectivity index (χ0v) is 12.2. The maximum Gasteiger partial charge on any atom is 0.209 e. The molecule has 0 aliphatic heterocycles. The van der Waals surface area contributed by atoms with Crippen LogP contribution < -0.4 is 5.32 Å². The Balaban J connectivity index is 1.43. The van der Waals surface area contributed by atoms with Gasteiger partial charge in [-0.25, -0.2) is 4.68 Å².